The van der Waals surface area contributed by atoms with Crippen LogP contribution in [0.3, 0.4) is 0 Å². The third-order valence-electron chi connectivity index (χ3n) is 3.80. The number of benzene rings is 1. The van der Waals surface area contributed by atoms with Gasteiger partial charge in [0.1, 0.15) is 0 Å². The lowest BCUT2D eigenvalue weighted by atomic mass is 10.00. The molecule has 1 aliphatic rings. The van der Waals surface area contributed by atoms with Crippen LogP contribution in [0, 0.1) is 13.8 Å². The second-order valence-electron chi connectivity index (χ2n) is 5.50. The molecule has 2 atom stereocenters. The van der Waals surface area contributed by atoms with Crippen molar-refractivity contribution in [2.75, 3.05) is 18.5 Å². The maximum Gasteiger partial charge on any atom is 0.0411 e. The van der Waals surface area contributed by atoms with Gasteiger partial charge in [-0.1, -0.05) is 6.07 Å². The van der Waals surface area contributed by atoms with E-state index in [-0.39, 0.29) is 0 Å². The maximum absolute atomic E-state index is 3.57. The molecular weight excluding hydrogens is 208 g/mol. The second-order valence-corrected chi connectivity index (χ2v) is 5.50. The van der Waals surface area contributed by atoms with Crippen molar-refractivity contribution in [3.05, 3.63) is 29.3 Å². The minimum Gasteiger partial charge on any atom is -0.370 e. The van der Waals surface area contributed by atoms with E-state index in [1.165, 1.54) is 29.7 Å². The molecule has 1 N–H and O–H groups in total. The summed E-state index contributed by atoms with van der Waals surface area (Å²) in [6, 6.07) is 8.11. The number of nitrogens with one attached hydrogen (secondary N) is 1. The number of piperidine rings is 1. The molecule has 2 unspecified atom stereocenters. The van der Waals surface area contributed by atoms with Crippen LogP contribution in [0.2, 0.25) is 0 Å². The van der Waals surface area contributed by atoms with Gasteiger partial charge >= 0.3 is 0 Å². The number of rotatable bonds is 2. The van der Waals surface area contributed by atoms with E-state index in [0.717, 1.165) is 6.54 Å². The van der Waals surface area contributed by atoms with Gasteiger partial charge in [0.25, 0.3) is 0 Å². The standard InChI is InChI=1S/C15H24N2/c1-11-7-12(2)9-15(8-11)17(4)14-6-5-13(3)16-10-14/h7-9,13-14,16H,5-6,10H2,1-4H3. The van der Waals surface area contributed by atoms with Gasteiger partial charge in [0.2, 0.25) is 0 Å². The smallest absolute Gasteiger partial charge is 0.0411 e. The van der Waals surface area contributed by atoms with Gasteiger partial charge in [-0.25, -0.2) is 0 Å². The highest BCUT2D eigenvalue weighted by atomic mass is 15.2. The first kappa shape index (κ1) is 12.4. The molecule has 0 spiro atoms. The van der Waals surface area contributed by atoms with Crippen LogP contribution in [0.25, 0.3) is 0 Å². The van der Waals surface area contributed by atoms with E-state index in [9.17, 15) is 0 Å². The molecular formula is C15H24N2. The van der Waals surface area contributed by atoms with Crippen LogP contribution in [-0.4, -0.2) is 25.7 Å². The molecule has 94 valence electrons. The highest BCUT2D eigenvalue weighted by Gasteiger charge is 2.21. The van der Waals surface area contributed by atoms with E-state index in [0.29, 0.717) is 12.1 Å². The van der Waals surface area contributed by atoms with Crippen LogP contribution in [0.4, 0.5) is 5.69 Å². The van der Waals surface area contributed by atoms with E-state index in [1.807, 2.05) is 0 Å². The van der Waals surface area contributed by atoms with Crippen molar-refractivity contribution in [1.82, 2.24) is 5.32 Å². The number of anilines is 1. The molecule has 2 rings (SSSR count). The van der Waals surface area contributed by atoms with E-state index in [1.54, 1.807) is 0 Å². The van der Waals surface area contributed by atoms with E-state index in [2.05, 4.69) is 56.2 Å². The molecule has 0 radical (unpaired) electrons. The molecule has 1 aliphatic heterocycles. The van der Waals surface area contributed by atoms with Crippen molar-refractivity contribution in [2.45, 2.75) is 45.7 Å². The predicted octanol–water partition coefficient (Wildman–Crippen LogP) is 2.88. The maximum atomic E-state index is 3.57. The fraction of sp³-hybridized carbons (Fsp3) is 0.600. The SMILES string of the molecule is Cc1cc(C)cc(N(C)C2CCC(C)NC2)c1. The number of hydrogen-bond acceptors (Lipinski definition) is 2. The van der Waals surface area contributed by atoms with Crippen molar-refractivity contribution in [3.63, 3.8) is 0 Å². The zero-order valence-electron chi connectivity index (χ0n) is 11.5. The first-order valence-electron chi connectivity index (χ1n) is 6.61. The summed E-state index contributed by atoms with van der Waals surface area (Å²) in [5.41, 5.74) is 4.05. The normalized spacial score (nSPS) is 24.7. The summed E-state index contributed by atoms with van der Waals surface area (Å²) in [6.45, 7) is 7.72. The van der Waals surface area contributed by atoms with Gasteiger partial charge in [0, 0.05) is 31.4 Å². The predicted molar refractivity (Wildman–Crippen MR) is 74.8 cm³/mol. The van der Waals surface area contributed by atoms with Gasteiger partial charge in [-0.15, -0.1) is 0 Å². The average Bonchev–Trinajstić information content (AvgIpc) is 2.28. The van der Waals surface area contributed by atoms with Crippen molar-refractivity contribution in [3.8, 4) is 0 Å². The zero-order chi connectivity index (χ0) is 12.4. The van der Waals surface area contributed by atoms with Crippen LogP contribution in [0.15, 0.2) is 18.2 Å². The van der Waals surface area contributed by atoms with Gasteiger partial charge in [0.15, 0.2) is 0 Å². The second kappa shape index (κ2) is 5.09. The Morgan fingerprint density at radius 3 is 2.29 bits per heavy atom. The highest BCUT2D eigenvalue weighted by Crippen LogP contribution is 2.22. The molecule has 0 bridgehead atoms. The van der Waals surface area contributed by atoms with E-state index >= 15 is 0 Å². The van der Waals surface area contributed by atoms with Gasteiger partial charge in [-0.2, -0.15) is 0 Å². The summed E-state index contributed by atoms with van der Waals surface area (Å²) in [4.78, 5) is 2.43. The summed E-state index contributed by atoms with van der Waals surface area (Å²) in [7, 11) is 2.22. The van der Waals surface area contributed by atoms with Crippen LogP contribution in [-0.2, 0) is 0 Å². The fourth-order valence-electron chi connectivity index (χ4n) is 2.68. The molecule has 1 aromatic rings. The van der Waals surface area contributed by atoms with Crippen LogP contribution >= 0.6 is 0 Å². The van der Waals surface area contributed by atoms with E-state index in [4.69, 9.17) is 0 Å². The fourth-order valence-corrected chi connectivity index (χ4v) is 2.68. The van der Waals surface area contributed by atoms with Gasteiger partial charge in [-0.05, 0) is 56.9 Å². The van der Waals surface area contributed by atoms with Crippen LogP contribution in [0.1, 0.15) is 30.9 Å². The zero-order valence-corrected chi connectivity index (χ0v) is 11.5. The molecule has 17 heavy (non-hydrogen) atoms. The number of hydrogen-bond donors (Lipinski definition) is 1. The average molecular weight is 232 g/mol. The number of aryl methyl sites for hydroxylation is 2. The Hall–Kier alpha value is -1.02. The Labute approximate surface area is 105 Å². The van der Waals surface area contributed by atoms with Crippen LogP contribution < -0.4 is 10.2 Å². The highest BCUT2D eigenvalue weighted by molar-refractivity contribution is 5.51. The number of nitrogens with zero attached hydrogens (tertiary/aromatic N) is 1. The first-order valence-corrected chi connectivity index (χ1v) is 6.61. The molecule has 1 aromatic carbocycles. The van der Waals surface area contributed by atoms with Crippen molar-refractivity contribution in [2.24, 2.45) is 0 Å². The minimum absolute atomic E-state index is 0.632. The van der Waals surface area contributed by atoms with Crippen molar-refractivity contribution >= 4 is 5.69 Å². The molecule has 0 saturated carbocycles. The summed E-state index contributed by atoms with van der Waals surface area (Å²) in [5, 5.41) is 3.57. The summed E-state index contributed by atoms with van der Waals surface area (Å²) >= 11 is 0. The Balaban J connectivity index is 2.10. The van der Waals surface area contributed by atoms with Gasteiger partial charge < -0.3 is 10.2 Å². The molecule has 0 aromatic heterocycles. The molecule has 1 heterocycles. The topological polar surface area (TPSA) is 15.3 Å². The molecule has 0 amide bonds. The summed E-state index contributed by atoms with van der Waals surface area (Å²) in [5.74, 6) is 0. The minimum atomic E-state index is 0.632. The Kier molecular flexibility index (Phi) is 3.72. The Bertz CT molecular complexity index is 358. The molecule has 1 fully saturated rings. The quantitative estimate of drug-likeness (QED) is 0.843. The lowest BCUT2D eigenvalue weighted by Crippen LogP contribution is -2.47. The molecule has 2 heteroatoms. The van der Waals surface area contributed by atoms with Crippen molar-refractivity contribution < 1.29 is 0 Å². The van der Waals surface area contributed by atoms with Gasteiger partial charge in [-0.3, -0.25) is 0 Å². The molecule has 2 nitrogen and oxygen atoms in total. The molecule has 0 aliphatic carbocycles. The largest absolute Gasteiger partial charge is 0.370 e. The van der Waals surface area contributed by atoms with E-state index < -0.39 is 0 Å². The van der Waals surface area contributed by atoms with Gasteiger partial charge in [0.05, 0.1) is 0 Å². The monoisotopic (exact) mass is 232 g/mol. The third-order valence-corrected chi connectivity index (χ3v) is 3.80. The molecule has 1 saturated heterocycles. The Morgan fingerprint density at radius 2 is 1.76 bits per heavy atom. The first-order chi connectivity index (χ1) is 8.06. The van der Waals surface area contributed by atoms with Crippen LogP contribution in [0.5, 0.6) is 0 Å². The lowest BCUT2D eigenvalue weighted by Gasteiger charge is -2.36. The third kappa shape index (κ3) is 3.01. The number of likely N-dealkylation sites (N-methyl/N-ethyl adjacent to an activating group) is 1. The Morgan fingerprint density at radius 1 is 1.12 bits per heavy atom. The summed E-state index contributed by atoms with van der Waals surface area (Å²) < 4.78 is 0. The lowest BCUT2D eigenvalue weighted by molar-refractivity contribution is 0.376. The van der Waals surface area contributed by atoms with Crippen molar-refractivity contribution in [1.29, 1.82) is 0 Å². The summed E-state index contributed by atoms with van der Waals surface area (Å²) in [6.07, 6.45) is 2.57.